The SMILES string of the molecule is CC(=O)c1cccc(NC(=O)CSc2nnc(-c3csc4c3CCCC4)n2C(C)C)c1. The standard InChI is InChI=1S/C23H26N4O2S2/c1-14(2)27-22(19-12-30-20-10-5-4-9-18(19)20)25-26-23(27)31-13-21(29)24-17-8-6-7-16(11-17)15(3)28/h6-8,11-12,14H,4-5,9-10,13H2,1-3H3,(H,24,29). The number of rotatable bonds is 7. The van der Waals surface area contributed by atoms with Gasteiger partial charge in [0.25, 0.3) is 0 Å². The van der Waals surface area contributed by atoms with E-state index in [1.165, 1.54) is 47.5 Å². The molecule has 1 amide bonds. The van der Waals surface area contributed by atoms with Gasteiger partial charge in [-0.05, 0) is 64.2 Å². The molecule has 0 spiro atoms. The summed E-state index contributed by atoms with van der Waals surface area (Å²) in [4.78, 5) is 25.5. The third-order valence-electron chi connectivity index (χ3n) is 5.37. The number of thioether (sulfide) groups is 1. The molecule has 8 heteroatoms. The second kappa shape index (κ2) is 9.36. The maximum absolute atomic E-state index is 12.5. The van der Waals surface area contributed by atoms with Gasteiger partial charge in [0.15, 0.2) is 16.8 Å². The largest absolute Gasteiger partial charge is 0.325 e. The van der Waals surface area contributed by atoms with E-state index in [0.717, 1.165) is 23.8 Å². The number of carbonyl (C=O) groups excluding carboxylic acids is 2. The van der Waals surface area contributed by atoms with E-state index in [0.29, 0.717) is 11.3 Å². The van der Waals surface area contributed by atoms with Crippen LogP contribution in [0.25, 0.3) is 11.4 Å². The molecule has 3 aromatic rings. The predicted molar refractivity (Wildman–Crippen MR) is 126 cm³/mol. The van der Waals surface area contributed by atoms with E-state index >= 15 is 0 Å². The summed E-state index contributed by atoms with van der Waals surface area (Å²) in [6.07, 6.45) is 4.74. The lowest BCUT2D eigenvalue weighted by atomic mass is 9.95. The van der Waals surface area contributed by atoms with Gasteiger partial charge in [-0.2, -0.15) is 0 Å². The second-order valence-electron chi connectivity index (χ2n) is 8.00. The summed E-state index contributed by atoms with van der Waals surface area (Å²) < 4.78 is 2.13. The number of ketones is 1. The lowest BCUT2D eigenvalue weighted by Crippen LogP contribution is -2.15. The lowest BCUT2D eigenvalue weighted by molar-refractivity contribution is -0.113. The summed E-state index contributed by atoms with van der Waals surface area (Å²) in [5, 5.41) is 14.7. The quantitative estimate of drug-likeness (QED) is 0.382. The molecule has 0 fully saturated rings. The highest BCUT2D eigenvalue weighted by molar-refractivity contribution is 7.99. The smallest absolute Gasteiger partial charge is 0.234 e. The van der Waals surface area contributed by atoms with E-state index in [4.69, 9.17) is 0 Å². The first kappa shape index (κ1) is 21.8. The highest BCUT2D eigenvalue weighted by Gasteiger charge is 2.23. The van der Waals surface area contributed by atoms with E-state index in [2.05, 4.69) is 39.3 Å². The number of benzene rings is 1. The van der Waals surface area contributed by atoms with Crippen LogP contribution in [0.3, 0.4) is 0 Å². The lowest BCUT2D eigenvalue weighted by Gasteiger charge is -2.16. The molecule has 0 radical (unpaired) electrons. The predicted octanol–water partition coefficient (Wildman–Crippen LogP) is 5.40. The van der Waals surface area contributed by atoms with Gasteiger partial charge in [0.05, 0.1) is 5.75 Å². The van der Waals surface area contributed by atoms with Crippen molar-refractivity contribution in [3.05, 3.63) is 45.6 Å². The summed E-state index contributed by atoms with van der Waals surface area (Å²) >= 11 is 3.21. The maximum atomic E-state index is 12.5. The molecule has 0 aliphatic heterocycles. The van der Waals surface area contributed by atoms with Crippen LogP contribution in [0.2, 0.25) is 0 Å². The van der Waals surface area contributed by atoms with Crippen LogP contribution < -0.4 is 5.32 Å². The summed E-state index contributed by atoms with van der Waals surface area (Å²) in [5.74, 6) is 0.945. The van der Waals surface area contributed by atoms with Crippen molar-refractivity contribution >= 4 is 40.5 Å². The Kier molecular flexibility index (Phi) is 6.57. The van der Waals surface area contributed by atoms with Gasteiger partial charge in [-0.15, -0.1) is 21.5 Å². The molecule has 1 aliphatic carbocycles. The Balaban J connectivity index is 1.49. The van der Waals surface area contributed by atoms with Gasteiger partial charge < -0.3 is 5.32 Å². The Morgan fingerprint density at radius 1 is 1.23 bits per heavy atom. The van der Waals surface area contributed by atoms with Crippen molar-refractivity contribution in [2.75, 3.05) is 11.1 Å². The minimum atomic E-state index is -0.140. The molecule has 162 valence electrons. The first-order chi connectivity index (χ1) is 14.9. The molecule has 0 bridgehead atoms. The Morgan fingerprint density at radius 2 is 2.03 bits per heavy atom. The van der Waals surface area contributed by atoms with Crippen LogP contribution in [0.4, 0.5) is 5.69 Å². The molecule has 1 N–H and O–H groups in total. The van der Waals surface area contributed by atoms with Crippen molar-refractivity contribution < 1.29 is 9.59 Å². The van der Waals surface area contributed by atoms with Crippen LogP contribution in [0, 0.1) is 0 Å². The molecule has 31 heavy (non-hydrogen) atoms. The number of carbonyl (C=O) groups is 2. The number of thiophene rings is 1. The zero-order valence-corrected chi connectivity index (χ0v) is 19.6. The topological polar surface area (TPSA) is 76.9 Å². The molecule has 1 aromatic carbocycles. The van der Waals surface area contributed by atoms with Gasteiger partial charge in [0.2, 0.25) is 5.91 Å². The number of nitrogens with zero attached hydrogens (tertiary/aromatic N) is 3. The van der Waals surface area contributed by atoms with Crippen LogP contribution >= 0.6 is 23.1 Å². The van der Waals surface area contributed by atoms with Gasteiger partial charge in [0, 0.05) is 33.1 Å². The Hall–Kier alpha value is -2.45. The molecule has 0 saturated carbocycles. The fourth-order valence-electron chi connectivity index (χ4n) is 3.85. The normalized spacial score (nSPS) is 13.3. The Bertz CT molecular complexity index is 1120. The van der Waals surface area contributed by atoms with E-state index in [-0.39, 0.29) is 23.5 Å². The number of anilines is 1. The highest BCUT2D eigenvalue weighted by Crippen LogP contribution is 2.37. The van der Waals surface area contributed by atoms with Crippen molar-refractivity contribution in [3.8, 4) is 11.4 Å². The number of hydrogen-bond acceptors (Lipinski definition) is 6. The van der Waals surface area contributed by atoms with Gasteiger partial charge in [-0.25, -0.2) is 0 Å². The molecule has 0 saturated heterocycles. The van der Waals surface area contributed by atoms with E-state index in [1.54, 1.807) is 24.3 Å². The second-order valence-corrected chi connectivity index (χ2v) is 9.91. The highest BCUT2D eigenvalue weighted by atomic mass is 32.2. The Morgan fingerprint density at radius 3 is 2.81 bits per heavy atom. The maximum Gasteiger partial charge on any atom is 0.234 e. The third kappa shape index (κ3) is 4.75. The van der Waals surface area contributed by atoms with Crippen LogP contribution in [0.15, 0.2) is 34.8 Å². The molecular formula is C23H26N4O2S2. The number of amides is 1. The average molecular weight is 455 g/mol. The average Bonchev–Trinajstić information content (AvgIpc) is 3.36. The van der Waals surface area contributed by atoms with Crippen LogP contribution in [0.1, 0.15) is 60.5 Å². The molecule has 4 rings (SSSR count). The zero-order valence-electron chi connectivity index (χ0n) is 18.0. The minimum Gasteiger partial charge on any atom is -0.325 e. The number of aryl methyl sites for hydroxylation is 1. The number of Topliss-reactive ketones (excluding diaryl/α,β-unsaturated/α-hetero) is 1. The summed E-state index contributed by atoms with van der Waals surface area (Å²) in [7, 11) is 0. The van der Waals surface area contributed by atoms with Crippen LogP contribution in [-0.4, -0.2) is 32.2 Å². The van der Waals surface area contributed by atoms with Crippen LogP contribution in [-0.2, 0) is 17.6 Å². The van der Waals surface area contributed by atoms with Gasteiger partial charge >= 0.3 is 0 Å². The van der Waals surface area contributed by atoms with Gasteiger partial charge in [-0.1, -0.05) is 23.9 Å². The van der Waals surface area contributed by atoms with E-state index in [1.807, 2.05) is 11.3 Å². The fraction of sp³-hybridized carbons (Fsp3) is 0.391. The summed E-state index contributed by atoms with van der Waals surface area (Å²) in [6.45, 7) is 5.74. The third-order valence-corrected chi connectivity index (χ3v) is 7.40. The van der Waals surface area contributed by atoms with Gasteiger partial charge in [-0.3, -0.25) is 14.2 Å². The first-order valence-corrected chi connectivity index (χ1v) is 12.4. The minimum absolute atomic E-state index is 0.0290. The van der Waals surface area contributed by atoms with E-state index in [9.17, 15) is 9.59 Å². The zero-order chi connectivity index (χ0) is 22.0. The first-order valence-electron chi connectivity index (χ1n) is 10.5. The monoisotopic (exact) mass is 454 g/mol. The van der Waals surface area contributed by atoms with Crippen LogP contribution in [0.5, 0.6) is 0 Å². The molecule has 2 heterocycles. The molecular weight excluding hydrogens is 428 g/mol. The number of fused-ring (bicyclic) bond motifs is 1. The molecule has 1 aliphatic rings. The van der Waals surface area contributed by atoms with Crippen molar-refractivity contribution in [2.24, 2.45) is 0 Å². The van der Waals surface area contributed by atoms with E-state index < -0.39 is 0 Å². The van der Waals surface area contributed by atoms with Crippen molar-refractivity contribution in [1.29, 1.82) is 0 Å². The fourth-order valence-corrected chi connectivity index (χ4v) is 5.84. The number of nitrogens with one attached hydrogen (secondary N) is 1. The van der Waals surface area contributed by atoms with Crippen molar-refractivity contribution in [3.63, 3.8) is 0 Å². The molecule has 6 nitrogen and oxygen atoms in total. The number of hydrogen-bond donors (Lipinski definition) is 1. The van der Waals surface area contributed by atoms with Crippen molar-refractivity contribution in [2.45, 2.75) is 57.7 Å². The van der Waals surface area contributed by atoms with Crippen molar-refractivity contribution in [1.82, 2.24) is 14.8 Å². The summed E-state index contributed by atoms with van der Waals surface area (Å²) in [5.41, 5.74) is 3.81. The van der Waals surface area contributed by atoms with Gasteiger partial charge in [0.1, 0.15) is 0 Å². The summed E-state index contributed by atoms with van der Waals surface area (Å²) in [6, 6.07) is 7.16. The number of aromatic nitrogens is 3. The molecule has 0 unspecified atom stereocenters. The molecule has 2 aromatic heterocycles. The Labute approximate surface area is 190 Å². The molecule has 0 atom stereocenters.